The van der Waals surface area contributed by atoms with Crippen molar-refractivity contribution in [2.45, 2.75) is 56.7 Å². The molecule has 1 aliphatic heterocycles. The zero-order valence-electron chi connectivity index (χ0n) is 13.1. The zero-order chi connectivity index (χ0) is 17.4. The molecule has 2 amide bonds. The molecule has 0 spiro atoms. The van der Waals surface area contributed by atoms with Gasteiger partial charge in [0.1, 0.15) is 17.6 Å². The fourth-order valence-electron chi connectivity index (χ4n) is 3.46. The van der Waals surface area contributed by atoms with Crippen LogP contribution < -0.4 is 10.6 Å². The highest BCUT2D eigenvalue weighted by molar-refractivity contribution is 6.08. The monoisotopic (exact) mass is 344 g/mol. The third-order valence-electron chi connectivity index (χ3n) is 4.81. The van der Waals surface area contributed by atoms with Gasteiger partial charge in [0.2, 0.25) is 0 Å². The summed E-state index contributed by atoms with van der Waals surface area (Å²) in [6.07, 6.45) is -1.09. The second kappa shape index (κ2) is 6.14. The minimum absolute atomic E-state index is 0.0538. The van der Waals surface area contributed by atoms with Gasteiger partial charge in [-0.3, -0.25) is 9.59 Å². The Labute approximate surface area is 137 Å². The Hall–Kier alpha value is -1.99. The average Bonchev–Trinajstić information content (AvgIpc) is 2.87. The van der Waals surface area contributed by atoms with E-state index in [0.717, 1.165) is 12.7 Å². The second-order valence-corrected chi connectivity index (χ2v) is 6.40. The molecular weight excluding hydrogens is 325 g/mol. The van der Waals surface area contributed by atoms with Crippen molar-refractivity contribution >= 4 is 11.8 Å². The Morgan fingerprint density at radius 2 is 1.92 bits per heavy atom. The minimum atomic E-state index is -4.54. The molecule has 1 saturated carbocycles. The topological polar surface area (TPSA) is 71.3 Å². The molecular formula is C16H19F3N2O3. The molecule has 1 fully saturated rings. The predicted octanol–water partition coefficient (Wildman–Crippen LogP) is 2.95. The van der Waals surface area contributed by atoms with Gasteiger partial charge in [0.05, 0.1) is 11.1 Å². The Kier molecular flexibility index (Phi) is 4.31. The lowest BCUT2D eigenvalue weighted by atomic mass is 9.80. The van der Waals surface area contributed by atoms with Crippen molar-refractivity contribution < 1.29 is 27.2 Å². The van der Waals surface area contributed by atoms with Crippen LogP contribution in [-0.4, -0.2) is 30.1 Å². The van der Waals surface area contributed by atoms with Crippen molar-refractivity contribution in [3.05, 3.63) is 23.2 Å². The third kappa shape index (κ3) is 2.89. The molecule has 24 heavy (non-hydrogen) atoms. The van der Waals surface area contributed by atoms with Crippen molar-refractivity contribution in [1.29, 1.82) is 0 Å². The lowest BCUT2D eigenvalue weighted by Gasteiger charge is -2.39. The van der Waals surface area contributed by atoms with Crippen molar-refractivity contribution in [2.24, 2.45) is 0 Å². The molecule has 5 nitrogen and oxygen atoms in total. The highest BCUT2D eigenvalue weighted by Crippen LogP contribution is 2.41. The standard InChI is InChI=1S/C16H19F3N2O3/c17-16(18,19)15(6-2-1-3-7-15)21-13(22)10-9-24-11-5-4-8-20-14(23)12(10)11/h9H,1-8H2,(H,20,23)(H,21,22). The fraction of sp³-hybridized carbons (Fsp3) is 0.625. The number of fused-ring (bicyclic) bond motifs is 1. The number of furan rings is 1. The van der Waals surface area contributed by atoms with Gasteiger partial charge in [-0.2, -0.15) is 13.2 Å². The number of aryl methyl sites for hydroxylation is 1. The predicted molar refractivity (Wildman–Crippen MR) is 78.7 cm³/mol. The molecule has 3 rings (SSSR count). The van der Waals surface area contributed by atoms with Crippen LogP contribution >= 0.6 is 0 Å². The van der Waals surface area contributed by atoms with E-state index in [0.29, 0.717) is 38.0 Å². The van der Waals surface area contributed by atoms with Gasteiger partial charge in [-0.25, -0.2) is 0 Å². The van der Waals surface area contributed by atoms with E-state index in [2.05, 4.69) is 10.6 Å². The minimum Gasteiger partial charge on any atom is -0.468 e. The molecule has 132 valence electrons. The van der Waals surface area contributed by atoms with Crippen molar-refractivity contribution in [3.8, 4) is 0 Å². The molecule has 1 aromatic heterocycles. The molecule has 2 aliphatic rings. The highest BCUT2D eigenvalue weighted by atomic mass is 19.4. The van der Waals surface area contributed by atoms with Crippen LogP contribution in [0.1, 0.15) is 65.0 Å². The summed E-state index contributed by atoms with van der Waals surface area (Å²) in [6.45, 7) is 0.441. The maximum Gasteiger partial charge on any atom is 0.411 e. The number of carbonyl (C=O) groups is 2. The van der Waals surface area contributed by atoms with Crippen molar-refractivity contribution in [2.75, 3.05) is 6.54 Å². The number of rotatable bonds is 2. The summed E-state index contributed by atoms with van der Waals surface area (Å²) in [6, 6.07) is 0. The highest BCUT2D eigenvalue weighted by Gasteiger charge is 2.56. The summed E-state index contributed by atoms with van der Waals surface area (Å²) in [5, 5.41) is 4.79. The van der Waals surface area contributed by atoms with E-state index >= 15 is 0 Å². The number of amides is 2. The molecule has 0 unspecified atom stereocenters. The molecule has 2 N–H and O–H groups in total. The molecule has 2 heterocycles. The molecule has 0 aromatic carbocycles. The van der Waals surface area contributed by atoms with Gasteiger partial charge in [0, 0.05) is 13.0 Å². The van der Waals surface area contributed by atoms with Gasteiger partial charge in [-0.15, -0.1) is 0 Å². The summed E-state index contributed by atoms with van der Waals surface area (Å²) in [7, 11) is 0. The molecule has 1 aliphatic carbocycles. The molecule has 0 saturated heterocycles. The number of hydrogen-bond acceptors (Lipinski definition) is 3. The van der Waals surface area contributed by atoms with E-state index in [9.17, 15) is 22.8 Å². The van der Waals surface area contributed by atoms with E-state index in [1.165, 1.54) is 0 Å². The summed E-state index contributed by atoms with van der Waals surface area (Å²) in [5.74, 6) is -1.04. The SMILES string of the molecule is O=C(NC1(C(F)(F)F)CCCCC1)c1coc2c1C(=O)NCCC2. The Morgan fingerprint density at radius 3 is 2.58 bits per heavy atom. The van der Waals surface area contributed by atoms with E-state index in [4.69, 9.17) is 4.42 Å². The van der Waals surface area contributed by atoms with Gasteiger partial charge in [0.15, 0.2) is 0 Å². The van der Waals surface area contributed by atoms with Crippen LogP contribution in [0, 0.1) is 0 Å². The van der Waals surface area contributed by atoms with Crippen LogP contribution in [0.2, 0.25) is 0 Å². The molecule has 8 heteroatoms. The van der Waals surface area contributed by atoms with Gasteiger partial charge in [0.25, 0.3) is 11.8 Å². The van der Waals surface area contributed by atoms with Gasteiger partial charge >= 0.3 is 6.18 Å². The summed E-state index contributed by atoms with van der Waals surface area (Å²) in [4.78, 5) is 24.6. The Bertz CT molecular complexity index is 645. The fourth-order valence-corrected chi connectivity index (χ4v) is 3.46. The maximum absolute atomic E-state index is 13.6. The number of hydrogen-bond donors (Lipinski definition) is 2. The van der Waals surface area contributed by atoms with Crippen LogP contribution in [0.25, 0.3) is 0 Å². The molecule has 0 bridgehead atoms. The smallest absolute Gasteiger partial charge is 0.411 e. The van der Waals surface area contributed by atoms with E-state index in [-0.39, 0.29) is 24.0 Å². The van der Waals surface area contributed by atoms with E-state index < -0.39 is 23.5 Å². The summed E-state index contributed by atoms with van der Waals surface area (Å²) in [5.41, 5.74) is -2.30. The first-order valence-electron chi connectivity index (χ1n) is 8.12. The van der Waals surface area contributed by atoms with Gasteiger partial charge in [-0.05, 0) is 19.3 Å². The lowest BCUT2D eigenvalue weighted by molar-refractivity contribution is -0.201. The summed E-state index contributed by atoms with van der Waals surface area (Å²) >= 11 is 0. The van der Waals surface area contributed by atoms with Crippen LogP contribution in [0.5, 0.6) is 0 Å². The number of alkyl halides is 3. The second-order valence-electron chi connectivity index (χ2n) is 6.40. The Balaban J connectivity index is 1.89. The molecule has 1 aromatic rings. The summed E-state index contributed by atoms with van der Waals surface area (Å²) < 4.78 is 45.9. The van der Waals surface area contributed by atoms with Gasteiger partial charge < -0.3 is 15.1 Å². The van der Waals surface area contributed by atoms with Crippen molar-refractivity contribution in [1.82, 2.24) is 10.6 Å². The zero-order valence-corrected chi connectivity index (χ0v) is 13.1. The van der Waals surface area contributed by atoms with Crippen molar-refractivity contribution in [3.63, 3.8) is 0 Å². The molecule has 0 radical (unpaired) electrons. The molecule has 0 atom stereocenters. The quantitative estimate of drug-likeness (QED) is 0.866. The van der Waals surface area contributed by atoms with Crippen LogP contribution in [-0.2, 0) is 6.42 Å². The number of halogens is 3. The van der Waals surface area contributed by atoms with E-state index in [1.54, 1.807) is 0 Å². The van der Waals surface area contributed by atoms with Crippen LogP contribution in [0.4, 0.5) is 13.2 Å². The normalized spacial score (nSPS) is 20.7. The number of carbonyl (C=O) groups excluding carboxylic acids is 2. The number of nitrogens with one attached hydrogen (secondary N) is 2. The maximum atomic E-state index is 13.6. The first-order chi connectivity index (χ1) is 11.3. The lowest BCUT2D eigenvalue weighted by Crippen LogP contribution is -2.59. The Morgan fingerprint density at radius 1 is 1.21 bits per heavy atom. The van der Waals surface area contributed by atoms with Crippen LogP contribution in [0.3, 0.4) is 0 Å². The average molecular weight is 344 g/mol. The van der Waals surface area contributed by atoms with E-state index in [1.807, 2.05) is 0 Å². The van der Waals surface area contributed by atoms with Crippen LogP contribution in [0.15, 0.2) is 10.7 Å². The first kappa shape index (κ1) is 16.9. The van der Waals surface area contributed by atoms with Gasteiger partial charge in [-0.1, -0.05) is 19.3 Å². The third-order valence-corrected chi connectivity index (χ3v) is 4.81. The first-order valence-corrected chi connectivity index (χ1v) is 8.12. The largest absolute Gasteiger partial charge is 0.468 e.